The molecule has 0 bridgehead atoms. The van der Waals surface area contributed by atoms with Crippen LogP contribution in [0.1, 0.15) is 60.8 Å². The molecule has 3 aromatic carbocycles. The van der Waals surface area contributed by atoms with Crippen molar-refractivity contribution in [2.24, 2.45) is 4.99 Å². The van der Waals surface area contributed by atoms with Gasteiger partial charge in [-0.15, -0.1) is 0 Å². The second-order valence-electron chi connectivity index (χ2n) is 11.5. The zero-order valence-corrected chi connectivity index (χ0v) is 33.0. The number of allylic oxidation sites excluding steroid dienone is 1. The highest BCUT2D eigenvalue weighted by Gasteiger charge is 2.34. The summed E-state index contributed by atoms with van der Waals surface area (Å²) in [5.41, 5.74) is 2.43. The topological polar surface area (TPSA) is 150 Å². The van der Waals surface area contributed by atoms with Gasteiger partial charge >= 0.3 is 17.9 Å². The zero-order valence-electron chi connectivity index (χ0n) is 30.6. The molecule has 2 heterocycles. The SMILES string of the molecule is CCOC(=O)C1=C(C)N=c2s/c(=C/c3cc(Br)cc(OC)c3OCc3ccc(C(=O)OCC)cc3)c(=O)n2[C@@H]1c1ccc(OCC(=O)OC)c(OCC)c1. The second-order valence-corrected chi connectivity index (χ2v) is 13.5. The van der Waals surface area contributed by atoms with Crippen molar-refractivity contribution in [3.8, 4) is 23.0 Å². The summed E-state index contributed by atoms with van der Waals surface area (Å²) in [5.74, 6) is -0.220. The maximum atomic E-state index is 14.5. The van der Waals surface area contributed by atoms with E-state index in [0.29, 0.717) is 53.4 Å². The van der Waals surface area contributed by atoms with Crippen LogP contribution in [0.5, 0.6) is 23.0 Å². The number of fused-ring (bicyclic) bond motifs is 1. The molecule has 0 fully saturated rings. The molecule has 0 aliphatic carbocycles. The Labute approximate surface area is 323 Å². The molecular weight excluding hydrogens is 784 g/mol. The first-order chi connectivity index (χ1) is 26.0. The van der Waals surface area contributed by atoms with Crippen LogP contribution < -0.4 is 33.8 Å². The third-order valence-corrected chi connectivity index (χ3v) is 9.52. The predicted octanol–water partition coefficient (Wildman–Crippen LogP) is 5.28. The number of methoxy groups -OCH3 is 2. The van der Waals surface area contributed by atoms with E-state index in [4.69, 9.17) is 33.2 Å². The van der Waals surface area contributed by atoms with Crippen molar-refractivity contribution in [3.63, 3.8) is 0 Å². The molecule has 0 unspecified atom stereocenters. The Morgan fingerprint density at radius 3 is 2.26 bits per heavy atom. The summed E-state index contributed by atoms with van der Waals surface area (Å²) in [6, 6.07) is 14.5. The Morgan fingerprint density at radius 2 is 1.59 bits per heavy atom. The number of nitrogens with zero attached hydrogens (tertiary/aromatic N) is 2. The Hall–Kier alpha value is -5.41. The molecule has 0 saturated carbocycles. The van der Waals surface area contributed by atoms with Gasteiger partial charge in [-0.1, -0.05) is 45.5 Å². The van der Waals surface area contributed by atoms with E-state index in [1.54, 1.807) is 88.4 Å². The van der Waals surface area contributed by atoms with E-state index in [0.717, 1.165) is 16.9 Å². The van der Waals surface area contributed by atoms with Crippen LogP contribution in [0.25, 0.3) is 6.08 Å². The van der Waals surface area contributed by atoms with E-state index >= 15 is 0 Å². The van der Waals surface area contributed by atoms with Gasteiger partial charge in [0.05, 0.1) is 61.4 Å². The minimum atomic E-state index is -0.943. The van der Waals surface area contributed by atoms with Crippen molar-refractivity contribution < 1.29 is 47.5 Å². The predicted molar refractivity (Wildman–Crippen MR) is 203 cm³/mol. The van der Waals surface area contributed by atoms with E-state index in [2.05, 4.69) is 20.9 Å². The van der Waals surface area contributed by atoms with Crippen molar-refractivity contribution in [1.29, 1.82) is 0 Å². The monoisotopic (exact) mass is 822 g/mol. The molecule has 0 amide bonds. The number of hydrogen-bond donors (Lipinski definition) is 0. The molecular formula is C39H39BrN2O11S. The lowest BCUT2D eigenvalue weighted by Gasteiger charge is -2.25. The zero-order chi connectivity index (χ0) is 38.9. The molecule has 0 radical (unpaired) electrons. The first kappa shape index (κ1) is 39.8. The number of carbonyl (C=O) groups is 3. The number of halogens is 1. The maximum Gasteiger partial charge on any atom is 0.343 e. The molecule has 4 aromatic rings. The van der Waals surface area contributed by atoms with Crippen molar-refractivity contribution in [2.45, 2.75) is 40.3 Å². The summed E-state index contributed by atoms with van der Waals surface area (Å²) in [7, 11) is 2.78. The Kier molecular flexibility index (Phi) is 13.3. The average molecular weight is 824 g/mol. The highest BCUT2D eigenvalue weighted by molar-refractivity contribution is 9.10. The third-order valence-electron chi connectivity index (χ3n) is 8.08. The summed E-state index contributed by atoms with van der Waals surface area (Å²) < 4.78 is 41.1. The van der Waals surface area contributed by atoms with Crippen molar-refractivity contribution in [1.82, 2.24) is 4.57 Å². The van der Waals surface area contributed by atoms with Gasteiger partial charge < -0.3 is 33.2 Å². The minimum Gasteiger partial charge on any atom is -0.493 e. The number of hydrogen-bond acceptors (Lipinski definition) is 13. The van der Waals surface area contributed by atoms with Gasteiger partial charge in [0.1, 0.15) is 6.61 Å². The number of carbonyl (C=O) groups excluding carboxylic acids is 3. The smallest absolute Gasteiger partial charge is 0.343 e. The van der Waals surface area contributed by atoms with Crippen molar-refractivity contribution in [3.05, 3.63) is 112 Å². The number of rotatable bonds is 15. The highest BCUT2D eigenvalue weighted by Crippen LogP contribution is 2.38. The third kappa shape index (κ3) is 8.85. The molecule has 0 saturated heterocycles. The molecule has 1 atom stereocenters. The van der Waals surface area contributed by atoms with Gasteiger partial charge in [0.2, 0.25) is 0 Å². The van der Waals surface area contributed by atoms with Crippen molar-refractivity contribution in [2.75, 3.05) is 40.6 Å². The molecule has 1 aliphatic heterocycles. The molecule has 1 aliphatic rings. The minimum absolute atomic E-state index is 0.111. The van der Waals surface area contributed by atoms with Gasteiger partial charge in [-0.3, -0.25) is 9.36 Å². The van der Waals surface area contributed by atoms with Crippen LogP contribution in [0.15, 0.2) is 80.1 Å². The normalized spacial score (nSPS) is 13.8. The lowest BCUT2D eigenvalue weighted by Crippen LogP contribution is -2.40. The van der Waals surface area contributed by atoms with Crippen molar-refractivity contribution >= 4 is 51.3 Å². The fourth-order valence-corrected chi connectivity index (χ4v) is 7.13. The number of aromatic nitrogens is 1. The lowest BCUT2D eigenvalue weighted by atomic mass is 9.95. The van der Waals surface area contributed by atoms with E-state index in [9.17, 15) is 19.2 Å². The molecule has 284 valence electrons. The number of ether oxygens (including phenoxy) is 7. The first-order valence-electron chi connectivity index (χ1n) is 17.0. The lowest BCUT2D eigenvalue weighted by molar-refractivity contribution is -0.143. The maximum absolute atomic E-state index is 14.5. The van der Waals surface area contributed by atoms with Gasteiger partial charge in [0.15, 0.2) is 34.4 Å². The molecule has 1 aromatic heterocycles. The van der Waals surface area contributed by atoms with Crippen LogP contribution in [-0.2, 0) is 30.4 Å². The summed E-state index contributed by atoms with van der Waals surface area (Å²) >= 11 is 4.69. The van der Waals surface area contributed by atoms with E-state index in [1.165, 1.54) is 18.8 Å². The van der Waals surface area contributed by atoms with Gasteiger partial charge in [0, 0.05) is 10.0 Å². The fraction of sp³-hybridized carbons (Fsp3) is 0.308. The standard InChI is InChI=1S/C39H39BrN2O11S/c1-7-49-29-17-25(14-15-28(29)52-21-32(43)48-6)34-33(38(46)51-9-3)22(4)41-39-42(34)36(44)31(54-39)18-26-16-27(40)19-30(47-5)35(26)53-20-23-10-12-24(13-11-23)37(45)50-8-2/h10-19,34H,7-9,20-21H2,1-6H3/b31-18+/t34-/m1/s1. The van der Waals surface area contributed by atoms with Gasteiger partial charge in [-0.2, -0.15) is 0 Å². The average Bonchev–Trinajstić information content (AvgIpc) is 3.46. The fourth-order valence-electron chi connectivity index (χ4n) is 5.64. The summed E-state index contributed by atoms with van der Waals surface area (Å²) in [4.78, 5) is 56.9. The highest BCUT2D eigenvalue weighted by atomic mass is 79.9. The van der Waals surface area contributed by atoms with Crippen LogP contribution in [0.3, 0.4) is 0 Å². The summed E-state index contributed by atoms with van der Waals surface area (Å²) in [6.07, 6.45) is 1.69. The molecule has 5 rings (SSSR count). The van der Waals surface area contributed by atoms with Gasteiger partial charge in [-0.25, -0.2) is 19.4 Å². The van der Waals surface area contributed by atoms with Crippen LogP contribution in [0, 0.1) is 0 Å². The Bertz CT molecular complexity index is 2260. The summed E-state index contributed by atoms with van der Waals surface area (Å²) in [5, 5.41) is 0. The Morgan fingerprint density at radius 1 is 0.870 bits per heavy atom. The summed E-state index contributed by atoms with van der Waals surface area (Å²) in [6.45, 7) is 7.39. The number of thiazole rings is 1. The quantitative estimate of drug-likeness (QED) is 0.114. The second kappa shape index (κ2) is 18.1. The van der Waals surface area contributed by atoms with Gasteiger partial charge in [0.25, 0.3) is 5.56 Å². The number of benzene rings is 3. The van der Waals surface area contributed by atoms with Gasteiger partial charge in [-0.05, 0) is 81.3 Å². The number of esters is 3. The molecule has 0 N–H and O–H groups in total. The van der Waals surface area contributed by atoms with Crippen LogP contribution in [-0.4, -0.2) is 63.1 Å². The molecule has 13 nitrogen and oxygen atoms in total. The van der Waals surface area contributed by atoms with Crippen LogP contribution >= 0.6 is 27.3 Å². The molecule has 15 heteroatoms. The van der Waals surface area contributed by atoms with E-state index in [1.807, 2.05) is 0 Å². The molecule has 54 heavy (non-hydrogen) atoms. The molecule has 0 spiro atoms. The Balaban J connectivity index is 1.60. The van der Waals surface area contributed by atoms with E-state index < -0.39 is 29.5 Å². The largest absolute Gasteiger partial charge is 0.493 e. The van der Waals surface area contributed by atoms with E-state index in [-0.39, 0.29) is 44.4 Å². The van der Waals surface area contributed by atoms with Crippen LogP contribution in [0.2, 0.25) is 0 Å². The van der Waals surface area contributed by atoms with Crippen LogP contribution in [0.4, 0.5) is 0 Å². The first-order valence-corrected chi connectivity index (χ1v) is 18.6.